The van der Waals surface area contributed by atoms with Gasteiger partial charge in [0.25, 0.3) is 0 Å². The molecule has 0 heterocycles. The Morgan fingerprint density at radius 2 is 2.00 bits per heavy atom. The van der Waals surface area contributed by atoms with Crippen LogP contribution in [0.5, 0.6) is 0 Å². The van der Waals surface area contributed by atoms with E-state index in [2.05, 4.69) is 26.8 Å². The fraction of sp³-hybridized carbons (Fsp3) is 0.867. The fourth-order valence-corrected chi connectivity index (χ4v) is 3.75. The Kier molecular flexibility index (Phi) is 3.16. The van der Waals surface area contributed by atoms with E-state index in [9.17, 15) is 10.2 Å². The summed E-state index contributed by atoms with van der Waals surface area (Å²) in [6.07, 6.45) is 5.33. The van der Waals surface area contributed by atoms with Crippen LogP contribution < -0.4 is 0 Å². The van der Waals surface area contributed by atoms with Crippen LogP contribution >= 0.6 is 0 Å². The molecule has 0 spiro atoms. The van der Waals surface area contributed by atoms with E-state index < -0.39 is 5.60 Å². The van der Waals surface area contributed by atoms with Crippen molar-refractivity contribution in [3.05, 3.63) is 11.6 Å². The highest BCUT2D eigenvalue weighted by molar-refractivity contribution is 5.19. The summed E-state index contributed by atoms with van der Waals surface area (Å²) in [5.41, 5.74) is 0.685. The molecule has 0 unspecified atom stereocenters. The molecule has 0 radical (unpaired) electrons. The molecule has 98 valence electrons. The minimum atomic E-state index is -0.623. The third kappa shape index (κ3) is 2.06. The van der Waals surface area contributed by atoms with E-state index >= 15 is 0 Å². The van der Waals surface area contributed by atoms with Crippen molar-refractivity contribution in [1.82, 2.24) is 0 Å². The van der Waals surface area contributed by atoms with Crippen LogP contribution in [0.25, 0.3) is 0 Å². The van der Waals surface area contributed by atoms with Crippen molar-refractivity contribution in [3.8, 4) is 0 Å². The van der Waals surface area contributed by atoms with Crippen molar-refractivity contribution < 1.29 is 10.2 Å². The van der Waals surface area contributed by atoms with Gasteiger partial charge in [-0.15, -0.1) is 0 Å². The zero-order chi connectivity index (χ0) is 12.8. The first-order chi connectivity index (χ1) is 7.77. The summed E-state index contributed by atoms with van der Waals surface area (Å²) >= 11 is 0. The molecule has 2 aliphatic rings. The molecular formula is C15H26O2. The highest BCUT2D eigenvalue weighted by Crippen LogP contribution is 2.54. The molecule has 4 atom stereocenters. The van der Waals surface area contributed by atoms with Gasteiger partial charge in [-0.05, 0) is 44.4 Å². The topological polar surface area (TPSA) is 40.5 Å². The SMILES string of the molecule is CC(C)C1=CC[C@]2(C)[C@@H](O)CC[C@@](C)(O)[C@H]2C1. The van der Waals surface area contributed by atoms with E-state index in [-0.39, 0.29) is 17.4 Å². The van der Waals surface area contributed by atoms with Gasteiger partial charge in [-0.25, -0.2) is 0 Å². The number of hydrogen-bond acceptors (Lipinski definition) is 2. The average molecular weight is 238 g/mol. The molecule has 0 aromatic rings. The second-order valence-electron chi connectivity index (χ2n) is 6.81. The van der Waals surface area contributed by atoms with E-state index in [0.29, 0.717) is 5.92 Å². The predicted octanol–water partition coefficient (Wildman–Crippen LogP) is 2.89. The molecule has 0 bridgehead atoms. The summed E-state index contributed by atoms with van der Waals surface area (Å²) in [4.78, 5) is 0. The van der Waals surface area contributed by atoms with E-state index in [4.69, 9.17) is 0 Å². The normalized spacial score (nSPS) is 46.6. The minimum Gasteiger partial charge on any atom is -0.393 e. The van der Waals surface area contributed by atoms with Gasteiger partial charge in [0, 0.05) is 5.41 Å². The molecule has 17 heavy (non-hydrogen) atoms. The first-order valence-electron chi connectivity index (χ1n) is 6.87. The van der Waals surface area contributed by atoms with E-state index in [1.165, 1.54) is 5.57 Å². The van der Waals surface area contributed by atoms with Gasteiger partial charge >= 0.3 is 0 Å². The number of aliphatic hydroxyl groups excluding tert-OH is 1. The molecular weight excluding hydrogens is 212 g/mol. The van der Waals surface area contributed by atoms with Gasteiger partial charge in [0.1, 0.15) is 0 Å². The number of fused-ring (bicyclic) bond motifs is 1. The lowest BCUT2D eigenvalue weighted by Gasteiger charge is -2.54. The van der Waals surface area contributed by atoms with Crippen LogP contribution in [0.4, 0.5) is 0 Å². The van der Waals surface area contributed by atoms with Crippen LogP contribution in [0.3, 0.4) is 0 Å². The summed E-state index contributed by atoms with van der Waals surface area (Å²) in [6, 6.07) is 0. The standard InChI is InChI=1S/C15H26O2/c1-10(2)11-5-7-14(3)12(9-11)15(4,17)8-6-13(14)16/h5,10,12-13,16-17H,6-9H2,1-4H3/t12-,13-,14-,15+/m0/s1. The Bertz CT molecular complexity index is 330. The van der Waals surface area contributed by atoms with Crippen LogP contribution in [-0.4, -0.2) is 21.9 Å². The maximum absolute atomic E-state index is 10.6. The van der Waals surface area contributed by atoms with E-state index in [1.807, 2.05) is 6.92 Å². The molecule has 0 aromatic carbocycles. The summed E-state index contributed by atoms with van der Waals surface area (Å²) in [5.74, 6) is 0.746. The number of allylic oxidation sites excluding steroid dienone is 2. The van der Waals surface area contributed by atoms with Crippen LogP contribution in [0, 0.1) is 17.3 Å². The highest BCUT2D eigenvalue weighted by atomic mass is 16.3. The Morgan fingerprint density at radius 3 is 2.59 bits per heavy atom. The quantitative estimate of drug-likeness (QED) is 0.690. The summed E-state index contributed by atoms with van der Waals surface area (Å²) in [5, 5.41) is 20.9. The monoisotopic (exact) mass is 238 g/mol. The summed E-state index contributed by atoms with van der Waals surface area (Å²) in [6.45, 7) is 8.51. The van der Waals surface area contributed by atoms with Crippen molar-refractivity contribution in [2.75, 3.05) is 0 Å². The van der Waals surface area contributed by atoms with Crippen LogP contribution in [0.2, 0.25) is 0 Å². The predicted molar refractivity (Wildman–Crippen MR) is 69.6 cm³/mol. The second-order valence-corrected chi connectivity index (χ2v) is 6.81. The number of hydrogen-bond donors (Lipinski definition) is 2. The molecule has 2 aliphatic carbocycles. The Hall–Kier alpha value is -0.340. The molecule has 0 amide bonds. The molecule has 2 heteroatoms. The lowest BCUT2D eigenvalue weighted by molar-refractivity contribution is -0.152. The maximum atomic E-state index is 10.6. The van der Waals surface area contributed by atoms with E-state index in [1.54, 1.807) is 0 Å². The molecule has 0 aliphatic heterocycles. The third-order valence-corrected chi connectivity index (χ3v) is 5.22. The molecule has 1 fully saturated rings. The molecule has 0 saturated heterocycles. The largest absolute Gasteiger partial charge is 0.393 e. The van der Waals surface area contributed by atoms with Crippen molar-refractivity contribution >= 4 is 0 Å². The summed E-state index contributed by atoms with van der Waals surface area (Å²) in [7, 11) is 0. The molecule has 1 saturated carbocycles. The average Bonchev–Trinajstić information content (AvgIpc) is 2.24. The minimum absolute atomic E-state index is 0.139. The first-order valence-corrected chi connectivity index (χ1v) is 6.87. The van der Waals surface area contributed by atoms with Crippen LogP contribution in [0.15, 0.2) is 11.6 Å². The van der Waals surface area contributed by atoms with Crippen molar-refractivity contribution in [3.63, 3.8) is 0 Å². The maximum Gasteiger partial charge on any atom is 0.0658 e. The lowest BCUT2D eigenvalue weighted by Crippen LogP contribution is -2.56. The van der Waals surface area contributed by atoms with Gasteiger partial charge in [-0.1, -0.05) is 32.4 Å². The van der Waals surface area contributed by atoms with E-state index in [0.717, 1.165) is 25.7 Å². The zero-order valence-corrected chi connectivity index (χ0v) is 11.5. The molecule has 0 aromatic heterocycles. The Labute approximate surface area is 105 Å². The molecule has 2 N–H and O–H groups in total. The first kappa shape index (κ1) is 13.1. The number of rotatable bonds is 1. The van der Waals surface area contributed by atoms with Gasteiger partial charge in [-0.3, -0.25) is 0 Å². The van der Waals surface area contributed by atoms with Crippen molar-refractivity contribution in [2.24, 2.45) is 17.3 Å². The molecule has 2 rings (SSSR count). The van der Waals surface area contributed by atoms with Gasteiger partial charge < -0.3 is 10.2 Å². The zero-order valence-electron chi connectivity index (χ0n) is 11.5. The van der Waals surface area contributed by atoms with Gasteiger partial charge in [-0.2, -0.15) is 0 Å². The van der Waals surface area contributed by atoms with Gasteiger partial charge in [0.15, 0.2) is 0 Å². The third-order valence-electron chi connectivity index (χ3n) is 5.22. The highest BCUT2D eigenvalue weighted by Gasteiger charge is 2.53. The number of aliphatic hydroxyl groups is 2. The van der Waals surface area contributed by atoms with Gasteiger partial charge in [0.05, 0.1) is 11.7 Å². The lowest BCUT2D eigenvalue weighted by atomic mass is 9.54. The van der Waals surface area contributed by atoms with Crippen molar-refractivity contribution in [2.45, 2.75) is 65.1 Å². The molecule has 2 nitrogen and oxygen atoms in total. The van der Waals surface area contributed by atoms with Crippen LogP contribution in [-0.2, 0) is 0 Å². The second kappa shape index (κ2) is 4.10. The summed E-state index contributed by atoms with van der Waals surface area (Å²) < 4.78 is 0. The Morgan fingerprint density at radius 1 is 1.35 bits per heavy atom. The Balaban J connectivity index is 2.33. The van der Waals surface area contributed by atoms with Crippen LogP contribution in [0.1, 0.15) is 53.4 Å². The van der Waals surface area contributed by atoms with Crippen molar-refractivity contribution in [1.29, 1.82) is 0 Å². The van der Waals surface area contributed by atoms with Gasteiger partial charge in [0.2, 0.25) is 0 Å². The smallest absolute Gasteiger partial charge is 0.0658 e. The fourth-order valence-electron chi connectivity index (χ4n) is 3.75.